The van der Waals surface area contributed by atoms with Crippen LogP contribution in [-0.2, 0) is 11.0 Å². The molecule has 1 aromatic heterocycles. The van der Waals surface area contributed by atoms with Gasteiger partial charge >= 0.3 is 0 Å². The van der Waals surface area contributed by atoms with E-state index in [0.717, 1.165) is 35.1 Å². The Morgan fingerprint density at radius 1 is 1.00 bits per heavy atom. The van der Waals surface area contributed by atoms with Crippen molar-refractivity contribution < 1.29 is 9.32 Å². The summed E-state index contributed by atoms with van der Waals surface area (Å²) >= 11 is 0. The molecule has 1 aliphatic heterocycles. The summed E-state index contributed by atoms with van der Waals surface area (Å²) in [6.07, 6.45) is 3.02. The fourth-order valence-corrected chi connectivity index (χ4v) is 5.19. The van der Waals surface area contributed by atoms with E-state index in [0.29, 0.717) is 23.7 Å². The first-order chi connectivity index (χ1) is 16.6. The molecule has 0 bridgehead atoms. The van der Waals surface area contributed by atoms with Gasteiger partial charge in [-0.05, 0) is 61.9 Å². The minimum Gasteiger partial charge on any atom is -0.376 e. The first-order valence-corrected chi connectivity index (χ1v) is 12.3. The molecule has 2 heterocycles. The fourth-order valence-electron chi connectivity index (χ4n) is 3.97. The minimum atomic E-state index is -1.54. The molecule has 170 valence electrons. The zero-order valence-corrected chi connectivity index (χ0v) is 19.3. The molecule has 3 aromatic carbocycles. The van der Waals surface area contributed by atoms with Crippen molar-refractivity contribution in [1.82, 2.24) is 15.3 Å². The molecule has 0 radical (unpaired) electrons. The van der Waals surface area contributed by atoms with Gasteiger partial charge in [0.25, 0.3) is 0 Å². The zero-order chi connectivity index (χ0) is 23.4. The van der Waals surface area contributed by atoms with Gasteiger partial charge in [0, 0.05) is 17.5 Å². The number of anilines is 2. The predicted molar refractivity (Wildman–Crippen MR) is 135 cm³/mol. The van der Waals surface area contributed by atoms with Crippen LogP contribution in [0.4, 0.5) is 11.5 Å². The van der Waals surface area contributed by atoms with Crippen LogP contribution in [0.3, 0.4) is 0 Å². The van der Waals surface area contributed by atoms with Gasteiger partial charge in [-0.15, -0.1) is 0 Å². The molecule has 0 saturated carbocycles. The summed E-state index contributed by atoms with van der Waals surface area (Å²) in [4.78, 5) is 9.63. The smallest absolute Gasteiger partial charge is 0.158 e. The highest BCUT2D eigenvalue weighted by Crippen LogP contribution is 2.33. The summed E-state index contributed by atoms with van der Waals surface area (Å²) in [6.45, 7) is 1.36. The lowest BCUT2D eigenvalue weighted by Crippen LogP contribution is -2.44. The number of β-amino-alcohol motifs (C(OH)–C–C–N with tert-alkyl or cyclic N) is 1. The Bertz CT molecular complexity index is 1380. The maximum atomic E-state index is 13.8. The van der Waals surface area contributed by atoms with Gasteiger partial charge in [-0.1, -0.05) is 48.2 Å². The van der Waals surface area contributed by atoms with Gasteiger partial charge in [-0.2, -0.15) is 0 Å². The molecule has 1 fully saturated rings. The van der Waals surface area contributed by atoms with E-state index in [4.69, 9.17) is 0 Å². The number of hydrogen-bond acceptors (Lipinski definition) is 5. The molecule has 0 aliphatic carbocycles. The third kappa shape index (κ3) is 4.70. The number of rotatable bonds is 4. The number of nitrogens with one attached hydrogen (secondary N) is 1. The Kier molecular flexibility index (Phi) is 6.37. The Morgan fingerprint density at radius 3 is 2.50 bits per heavy atom. The Balaban J connectivity index is 1.62. The Morgan fingerprint density at radius 2 is 1.76 bits per heavy atom. The van der Waals surface area contributed by atoms with Crippen LogP contribution in [0.2, 0.25) is 0 Å². The SMILES string of the molecule is O=S(c1ccccc1)N(c1ccccc1)c1ncnc2ccc(C#CC3(O)CCCNC3)cc12. The molecule has 5 rings (SSSR count). The van der Waals surface area contributed by atoms with E-state index in [1.165, 1.54) is 6.33 Å². The van der Waals surface area contributed by atoms with E-state index in [1.54, 1.807) is 4.31 Å². The van der Waals surface area contributed by atoms with Crippen LogP contribution in [-0.4, -0.2) is 38.0 Å². The van der Waals surface area contributed by atoms with Gasteiger partial charge in [-0.3, -0.25) is 0 Å². The number of fused-ring (bicyclic) bond motifs is 1. The number of benzene rings is 3. The van der Waals surface area contributed by atoms with Crippen molar-refractivity contribution in [3.05, 3.63) is 90.8 Å². The molecule has 6 nitrogen and oxygen atoms in total. The van der Waals surface area contributed by atoms with Crippen LogP contribution in [0.25, 0.3) is 10.9 Å². The van der Waals surface area contributed by atoms with Gasteiger partial charge < -0.3 is 10.4 Å². The summed E-state index contributed by atoms with van der Waals surface area (Å²) in [6, 6.07) is 24.5. The summed E-state index contributed by atoms with van der Waals surface area (Å²) in [5.41, 5.74) is 1.18. The molecule has 1 aliphatic rings. The van der Waals surface area contributed by atoms with E-state index in [-0.39, 0.29) is 0 Å². The third-order valence-electron chi connectivity index (χ3n) is 5.71. The van der Waals surface area contributed by atoms with Crippen molar-refractivity contribution in [2.75, 3.05) is 17.4 Å². The second-order valence-corrected chi connectivity index (χ2v) is 9.52. The van der Waals surface area contributed by atoms with Gasteiger partial charge in [-0.25, -0.2) is 18.5 Å². The van der Waals surface area contributed by atoms with Gasteiger partial charge in [0.1, 0.15) is 11.9 Å². The van der Waals surface area contributed by atoms with Gasteiger partial charge in [0.2, 0.25) is 0 Å². The fraction of sp³-hybridized carbons (Fsp3) is 0.185. The molecule has 0 spiro atoms. The third-order valence-corrected chi connectivity index (χ3v) is 7.10. The quantitative estimate of drug-likeness (QED) is 0.444. The summed E-state index contributed by atoms with van der Waals surface area (Å²) < 4.78 is 15.5. The number of aromatic nitrogens is 2. The standard InChI is InChI=1S/C27H24N4O2S/c32-27(15-7-17-28-19-27)16-14-21-12-13-25-24(18-21)26(30-20-29-25)31(22-8-3-1-4-9-22)34(33)23-10-5-2-6-11-23/h1-6,8-13,18,20,28,32H,7,15,17,19H2. The van der Waals surface area contributed by atoms with Crippen LogP contribution < -0.4 is 9.62 Å². The van der Waals surface area contributed by atoms with E-state index in [2.05, 4.69) is 27.1 Å². The molecular formula is C27H24N4O2S. The van der Waals surface area contributed by atoms with Crippen molar-refractivity contribution in [3.8, 4) is 11.8 Å². The normalized spacial score (nSPS) is 18.6. The van der Waals surface area contributed by atoms with E-state index >= 15 is 0 Å². The lowest BCUT2D eigenvalue weighted by molar-refractivity contribution is 0.0736. The molecule has 4 aromatic rings. The van der Waals surface area contributed by atoms with Crippen LogP contribution in [0.1, 0.15) is 18.4 Å². The first kappa shape index (κ1) is 22.2. The topological polar surface area (TPSA) is 78.4 Å². The molecule has 34 heavy (non-hydrogen) atoms. The molecule has 1 saturated heterocycles. The molecular weight excluding hydrogens is 444 g/mol. The van der Waals surface area contributed by atoms with Crippen molar-refractivity contribution in [1.29, 1.82) is 0 Å². The number of piperidine rings is 1. The number of nitrogens with zero attached hydrogens (tertiary/aromatic N) is 3. The average molecular weight is 469 g/mol. The van der Waals surface area contributed by atoms with Gasteiger partial charge in [0.05, 0.1) is 16.1 Å². The summed E-state index contributed by atoms with van der Waals surface area (Å²) in [5, 5.41) is 14.7. The lowest BCUT2D eigenvalue weighted by Gasteiger charge is -2.27. The molecule has 2 unspecified atom stereocenters. The van der Waals surface area contributed by atoms with Crippen molar-refractivity contribution in [2.45, 2.75) is 23.3 Å². The van der Waals surface area contributed by atoms with Crippen LogP contribution in [0, 0.1) is 11.8 Å². The second kappa shape index (κ2) is 9.74. The second-order valence-electron chi connectivity index (χ2n) is 8.18. The predicted octanol–water partition coefficient (Wildman–Crippen LogP) is 3.96. The monoisotopic (exact) mass is 468 g/mol. The number of aliphatic hydroxyl groups is 1. The Hall–Kier alpha value is -3.57. The maximum absolute atomic E-state index is 13.8. The summed E-state index contributed by atoms with van der Waals surface area (Å²) in [7, 11) is -1.54. The van der Waals surface area contributed by atoms with Gasteiger partial charge in [0.15, 0.2) is 16.8 Å². The van der Waals surface area contributed by atoms with Crippen LogP contribution >= 0.6 is 0 Å². The number of para-hydroxylation sites is 1. The van der Waals surface area contributed by atoms with Crippen LogP contribution in [0.15, 0.2) is 90.1 Å². The maximum Gasteiger partial charge on any atom is 0.158 e. The number of hydrogen-bond donors (Lipinski definition) is 2. The van der Waals surface area contributed by atoms with Crippen molar-refractivity contribution in [3.63, 3.8) is 0 Å². The highest BCUT2D eigenvalue weighted by atomic mass is 32.2. The first-order valence-electron chi connectivity index (χ1n) is 11.2. The van der Waals surface area contributed by atoms with E-state index < -0.39 is 16.6 Å². The summed E-state index contributed by atoms with van der Waals surface area (Å²) in [5.74, 6) is 6.69. The average Bonchev–Trinajstić information content (AvgIpc) is 2.89. The highest BCUT2D eigenvalue weighted by Gasteiger charge is 2.26. The van der Waals surface area contributed by atoms with Crippen LogP contribution in [0.5, 0.6) is 0 Å². The lowest BCUT2D eigenvalue weighted by atomic mass is 9.94. The Labute approximate surface area is 201 Å². The van der Waals surface area contributed by atoms with E-state index in [1.807, 2.05) is 78.9 Å². The zero-order valence-electron chi connectivity index (χ0n) is 18.5. The molecule has 2 N–H and O–H groups in total. The molecule has 0 amide bonds. The largest absolute Gasteiger partial charge is 0.376 e. The molecule has 2 atom stereocenters. The van der Waals surface area contributed by atoms with Crippen molar-refractivity contribution >= 4 is 33.4 Å². The molecule has 7 heteroatoms. The van der Waals surface area contributed by atoms with Crippen molar-refractivity contribution in [2.24, 2.45) is 0 Å². The van der Waals surface area contributed by atoms with E-state index in [9.17, 15) is 9.32 Å². The highest BCUT2D eigenvalue weighted by molar-refractivity contribution is 7.86. The minimum absolute atomic E-state index is 0.458.